The molecule has 8 heteroatoms. The highest BCUT2D eigenvalue weighted by molar-refractivity contribution is 8.00. The zero-order chi connectivity index (χ0) is 22.2. The van der Waals surface area contributed by atoms with Gasteiger partial charge in [0.2, 0.25) is 5.91 Å². The van der Waals surface area contributed by atoms with Crippen LogP contribution >= 0.6 is 11.8 Å². The average Bonchev–Trinajstić information content (AvgIpc) is 2.79. The van der Waals surface area contributed by atoms with Crippen LogP contribution in [-0.2, 0) is 4.79 Å². The molecule has 1 atom stereocenters. The van der Waals surface area contributed by atoms with Gasteiger partial charge in [0.25, 0.3) is 5.88 Å². The number of amides is 1. The second kappa shape index (κ2) is 10.7. The Morgan fingerprint density at radius 2 is 1.74 bits per heavy atom. The van der Waals surface area contributed by atoms with Gasteiger partial charge in [-0.05, 0) is 44.2 Å². The van der Waals surface area contributed by atoms with E-state index in [2.05, 4.69) is 15.3 Å². The Bertz CT molecular complexity index is 1030. The van der Waals surface area contributed by atoms with Gasteiger partial charge < -0.3 is 19.5 Å². The molecule has 3 rings (SSSR count). The molecule has 0 saturated carbocycles. The van der Waals surface area contributed by atoms with E-state index in [-0.39, 0.29) is 17.7 Å². The number of aromatic nitrogens is 2. The molecule has 0 saturated heterocycles. The van der Waals surface area contributed by atoms with Crippen LogP contribution in [0.2, 0.25) is 0 Å². The van der Waals surface area contributed by atoms with Crippen molar-refractivity contribution in [3.05, 3.63) is 66.0 Å². The van der Waals surface area contributed by atoms with E-state index in [1.807, 2.05) is 56.3 Å². The van der Waals surface area contributed by atoms with Crippen molar-refractivity contribution in [2.45, 2.75) is 24.9 Å². The molecule has 1 heterocycles. The van der Waals surface area contributed by atoms with Crippen molar-refractivity contribution in [1.82, 2.24) is 15.3 Å². The standard InChI is InChI=1S/C23H25N3O4S/c1-15-5-7-17(8-6-15)30-22-23(25-12-11-24-22)31-14-21(27)26-16(2)19-13-18(28-3)9-10-20(19)29-4/h5-13,16H,14H2,1-4H3,(H,26,27)/t16-/m1/s1. The Balaban J connectivity index is 1.63. The van der Waals surface area contributed by atoms with Gasteiger partial charge in [0.15, 0.2) is 5.03 Å². The number of methoxy groups -OCH3 is 2. The summed E-state index contributed by atoms with van der Waals surface area (Å²) in [6.07, 6.45) is 3.14. The van der Waals surface area contributed by atoms with Crippen molar-refractivity contribution < 1.29 is 19.0 Å². The molecular weight excluding hydrogens is 414 g/mol. The first-order valence-electron chi connectivity index (χ1n) is 9.69. The van der Waals surface area contributed by atoms with E-state index in [0.717, 1.165) is 11.1 Å². The van der Waals surface area contributed by atoms with Crippen LogP contribution in [0.15, 0.2) is 59.9 Å². The van der Waals surface area contributed by atoms with Gasteiger partial charge in [-0.1, -0.05) is 29.5 Å². The first kappa shape index (κ1) is 22.4. The first-order chi connectivity index (χ1) is 15.0. The summed E-state index contributed by atoms with van der Waals surface area (Å²) in [7, 11) is 3.20. The Morgan fingerprint density at radius 1 is 1.03 bits per heavy atom. The van der Waals surface area contributed by atoms with Gasteiger partial charge in [-0.15, -0.1) is 0 Å². The fraction of sp³-hybridized carbons (Fsp3) is 0.261. The number of thioether (sulfide) groups is 1. The van der Waals surface area contributed by atoms with Gasteiger partial charge in [0.05, 0.1) is 26.0 Å². The molecule has 162 valence electrons. The lowest BCUT2D eigenvalue weighted by Crippen LogP contribution is -2.28. The molecule has 31 heavy (non-hydrogen) atoms. The van der Waals surface area contributed by atoms with Crippen LogP contribution in [0.25, 0.3) is 0 Å². The summed E-state index contributed by atoms with van der Waals surface area (Å²) in [6.45, 7) is 3.90. The van der Waals surface area contributed by atoms with Crippen LogP contribution in [0, 0.1) is 6.92 Å². The Morgan fingerprint density at radius 3 is 2.45 bits per heavy atom. The molecule has 0 bridgehead atoms. The smallest absolute Gasteiger partial charge is 0.252 e. The lowest BCUT2D eigenvalue weighted by molar-refractivity contribution is -0.119. The van der Waals surface area contributed by atoms with E-state index in [9.17, 15) is 4.79 Å². The number of benzene rings is 2. The number of hydrogen-bond donors (Lipinski definition) is 1. The normalized spacial score (nSPS) is 11.5. The molecule has 1 N–H and O–H groups in total. The monoisotopic (exact) mass is 439 g/mol. The van der Waals surface area contributed by atoms with Crippen molar-refractivity contribution in [3.63, 3.8) is 0 Å². The van der Waals surface area contributed by atoms with Gasteiger partial charge in [-0.25, -0.2) is 9.97 Å². The second-order valence-corrected chi connectivity index (χ2v) is 7.73. The van der Waals surface area contributed by atoms with Gasteiger partial charge in [-0.2, -0.15) is 0 Å². The molecule has 0 unspecified atom stereocenters. The van der Waals surface area contributed by atoms with Gasteiger partial charge in [0, 0.05) is 18.0 Å². The molecule has 0 aliphatic heterocycles. The van der Waals surface area contributed by atoms with Crippen LogP contribution in [0.3, 0.4) is 0 Å². The van der Waals surface area contributed by atoms with E-state index in [1.165, 1.54) is 11.8 Å². The lowest BCUT2D eigenvalue weighted by Gasteiger charge is -2.18. The first-order valence-corrected chi connectivity index (χ1v) is 10.7. The van der Waals surface area contributed by atoms with Crippen molar-refractivity contribution in [1.29, 1.82) is 0 Å². The summed E-state index contributed by atoms with van der Waals surface area (Å²) >= 11 is 1.27. The number of hydrogen-bond acceptors (Lipinski definition) is 7. The van der Waals surface area contributed by atoms with Crippen LogP contribution in [0.4, 0.5) is 0 Å². The summed E-state index contributed by atoms with van der Waals surface area (Å²) < 4.78 is 16.5. The molecule has 0 radical (unpaired) electrons. The Labute approximate surface area is 186 Å². The second-order valence-electron chi connectivity index (χ2n) is 6.77. The lowest BCUT2D eigenvalue weighted by atomic mass is 10.1. The predicted octanol–water partition coefficient (Wildman–Crippen LogP) is 4.56. The van der Waals surface area contributed by atoms with Crippen LogP contribution < -0.4 is 19.5 Å². The summed E-state index contributed by atoms with van der Waals surface area (Å²) in [5.41, 5.74) is 1.97. The average molecular weight is 440 g/mol. The number of carbonyl (C=O) groups is 1. The van der Waals surface area contributed by atoms with Gasteiger partial charge in [-0.3, -0.25) is 4.79 Å². The minimum absolute atomic E-state index is 0.144. The van der Waals surface area contributed by atoms with Crippen molar-refractivity contribution in [2.75, 3.05) is 20.0 Å². The molecular formula is C23H25N3O4S. The molecule has 7 nitrogen and oxygen atoms in total. The largest absolute Gasteiger partial charge is 0.497 e. The highest BCUT2D eigenvalue weighted by Gasteiger charge is 2.17. The molecule has 1 aromatic heterocycles. The molecule has 0 fully saturated rings. The van der Waals surface area contributed by atoms with Gasteiger partial charge >= 0.3 is 0 Å². The van der Waals surface area contributed by atoms with E-state index >= 15 is 0 Å². The van der Waals surface area contributed by atoms with E-state index in [0.29, 0.717) is 28.2 Å². The summed E-state index contributed by atoms with van der Waals surface area (Å²) in [6, 6.07) is 12.9. The number of aryl methyl sites for hydroxylation is 1. The predicted molar refractivity (Wildman–Crippen MR) is 120 cm³/mol. The number of carbonyl (C=O) groups excluding carboxylic acids is 1. The third-order valence-electron chi connectivity index (χ3n) is 4.49. The maximum absolute atomic E-state index is 12.6. The molecule has 3 aromatic rings. The number of ether oxygens (including phenoxy) is 3. The highest BCUT2D eigenvalue weighted by Crippen LogP contribution is 2.31. The van der Waals surface area contributed by atoms with Crippen LogP contribution in [0.1, 0.15) is 24.1 Å². The van der Waals surface area contributed by atoms with E-state index in [1.54, 1.807) is 26.6 Å². The topological polar surface area (TPSA) is 82.6 Å². The SMILES string of the molecule is COc1ccc(OC)c([C@@H](C)NC(=O)CSc2nccnc2Oc2ccc(C)cc2)c1. The molecule has 2 aromatic carbocycles. The van der Waals surface area contributed by atoms with E-state index in [4.69, 9.17) is 14.2 Å². The van der Waals surface area contributed by atoms with Crippen molar-refractivity contribution in [2.24, 2.45) is 0 Å². The van der Waals surface area contributed by atoms with Crippen molar-refractivity contribution in [3.8, 4) is 23.1 Å². The Kier molecular flexibility index (Phi) is 7.72. The summed E-state index contributed by atoms with van der Waals surface area (Å²) in [4.78, 5) is 21.1. The Hall–Kier alpha value is -3.26. The summed E-state index contributed by atoms with van der Waals surface area (Å²) in [5, 5.41) is 3.53. The third-order valence-corrected chi connectivity index (χ3v) is 5.45. The minimum atomic E-state index is -0.261. The zero-order valence-corrected chi connectivity index (χ0v) is 18.7. The number of nitrogens with zero attached hydrogens (tertiary/aromatic N) is 2. The quantitative estimate of drug-likeness (QED) is 0.489. The minimum Gasteiger partial charge on any atom is -0.497 e. The molecule has 0 spiro atoms. The summed E-state index contributed by atoms with van der Waals surface area (Å²) in [5.74, 6) is 2.43. The van der Waals surface area contributed by atoms with Crippen LogP contribution in [-0.4, -0.2) is 35.8 Å². The molecule has 0 aliphatic carbocycles. The van der Waals surface area contributed by atoms with E-state index < -0.39 is 0 Å². The zero-order valence-electron chi connectivity index (χ0n) is 17.9. The fourth-order valence-electron chi connectivity index (χ4n) is 2.87. The fourth-order valence-corrected chi connectivity index (χ4v) is 3.58. The molecule has 1 amide bonds. The maximum atomic E-state index is 12.6. The van der Waals surface area contributed by atoms with Crippen LogP contribution in [0.5, 0.6) is 23.1 Å². The highest BCUT2D eigenvalue weighted by atomic mass is 32.2. The number of nitrogens with one attached hydrogen (secondary N) is 1. The molecule has 0 aliphatic rings. The number of rotatable bonds is 9. The van der Waals surface area contributed by atoms with Gasteiger partial charge in [0.1, 0.15) is 17.2 Å². The van der Waals surface area contributed by atoms with Crippen molar-refractivity contribution >= 4 is 17.7 Å². The maximum Gasteiger partial charge on any atom is 0.252 e. The third kappa shape index (κ3) is 6.11.